The minimum absolute atomic E-state index is 0.0334. The zero-order valence-electron chi connectivity index (χ0n) is 11.9. The van der Waals surface area contributed by atoms with Gasteiger partial charge in [-0.2, -0.15) is 0 Å². The van der Waals surface area contributed by atoms with Gasteiger partial charge >= 0.3 is 11.9 Å². The number of carbonyl (C=O) groups excluding carboxylic acids is 1. The maximum atomic E-state index is 12.9. The third-order valence-electron chi connectivity index (χ3n) is 4.80. The lowest BCUT2D eigenvalue weighted by Gasteiger charge is -2.25. The van der Waals surface area contributed by atoms with Gasteiger partial charge in [-0.1, -0.05) is 0 Å². The average Bonchev–Trinajstić information content (AvgIpc) is 3.16. The summed E-state index contributed by atoms with van der Waals surface area (Å²) in [6.07, 6.45) is -0.0334. The summed E-state index contributed by atoms with van der Waals surface area (Å²) in [6.45, 7) is 0. The van der Waals surface area contributed by atoms with Crippen molar-refractivity contribution in [2.24, 2.45) is 23.5 Å². The van der Waals surface area contributed by atoms with Crippen LogP contribution in [0.1, 0.15) is 16.8 Å². The quantitative estimate of drug-likeness (QED) is 0.620. The molecule has 2 aliphatic rings. The Morgan fingerprint density at radius 2 is 1.83 bits per heavy atom. The lowest BCUT2D eigenvalue weighted by atomic mass is 9.90. The monoisotopic (exact) mass is 322 g/mol. The topological polar surface area (TPSA) is 130 Å². The Kier molecular flexibility index (Phi) is 3.36. The number of rotatable bonds is 4. The summed E-state index contributed by atoms with van der Waals surface area (Å²) < 4.78 is 12.9. The third kappa shape index (κ3) is 2.35. The highest BCUT2D eigenvalue weighted by Crippen LogP contribution is 2.61. The molecule has 2 fully saturated rings. The Morgan fingerprint density at radius 3 is 2.35 bits per heavy atom. The number of benzene rings is 1. The van der Waals surface area contributed by atoms with Gasteiger partial charge in [0.2, 0.25) is 0 Å². The van der Waals surface area contributed by atoms with E-state index in [1.807, 2.05) is 0 Å². The predicted molar refractivity (Wildman–Crippen MR) is 74.9 cm³/mol. The van der Waals surface area contributed by atoms with Gasteiger partial charge in [0.15, 0.2) is 0 Å². The van der Waals surface area contributed by atoms with Crippen LogP contribution in [0.2, 0.25) is 0 Å². The van der Waals surface area contributed by atoms with Crippen LogP contribution < -0.4 is 11.1 Å². The molecule has 5 unspecified atom stereocenters. The van der Waals surface area contributed by atoms with Crippen LogP contribution in [0.5, 0.6) is 0 Å². The second kappa shape index (κ2) is 5.02. The summed E-state index contributed by atoms with van der Waals surface area (Å²) in [5.41, 5.74) is 4.43. The molecule has 8 heteroatoms. The molecular weight excluding hydrogens is 307 g/mol. The molecule has 1 amide bonds. The van der Waals surface area contributed by atoms with E-state index in [1.54, 1.807) is 0 Å². The Bertz CT molecular complexity index is 692. The first-order chi connectivity index (χ1) is 10.8. The summed E-state index contributed by atoms with van der Waals surface area (Å²) in [5, 5.41) is 21.1. The fourth-order valence-corrected chi connectivity index (χ4v) is 3.68. The summed E-state index contributed by atoms with van der Waals surface area (Å²) in [7, 11) is 0. The van der Waals surface area contributed by atoms with Gasteiger partial charge in [-0.15, -0.1) is 0 Å². The third-order valence-corrected chi connectivity index (χ3v) is 4.80. The number of nitrogens with one attached hydrogen (secondary N) is 1. The first-order valence-electron chi connectivity index (χ1n) is 7.07. The van der Waals surface area contributed by atoms with Crippen molar-refractivity contribution in [3.8, 4) is 0 Å². The number of fused-ring (bicyclic) bond motifs is 1. The average molecular weight is 322 g/mol. The van der Waals surface area contributed by atoms with Gasteiger partial charge < -0.3 is 21.3 Å². The van der Waals surface area contributed by atoms with Crippen molar-refractivity contribution >= 4 is 17.8 Å². The first kappa shape index (κ1) is 15.4. The molecule has 0 aliphatic heterocycles. The molecule has 2 saturated carbocycles. The molecule has 3 rings (SSSR count). The van der Waals surface area contributed by atoms with Gasteiger partial charge in [0.25, 0.3) is 5.91 Å². The molecular formula is C15H15FN2O5. The summed E-state index contributed by atoms with van der Waals surface area (Å²) >= 11 is 0. The van der Waals surface area contributed by atoms with Crippen LogP contribution in [0.25, 0.3) is 0 Å². The van der Waals surface area contributed by atoms with Crippen LogP contribution in [0.15, 0.2) is 24.3 Å². The lowest BCUT2D eigenvalue weighted by molar-refractivity contribution is -0.145. The van der Waals surface area contributed by atoms with Crippen molar-refractivity contribution in [2.75, 3.05) is 0 Å². The van der Waals surface area contributed by atoms with Crippen LogP contribution in [0.3, 0.4) is 0 Å². The van der Waals surface area contributed by atoms with E-state index in [4.69, 9.17) is 10.8 Å². The highest BCUT2D eigenvalue weighted by Gasteiger charge is 2.74. The van der Waals surface area contributed by atoms with E-state index in [2.05, 4.69) is 5.32 Å². The highest BCUT2D eigenvalue weighted by atomic mass is 19.1. The van der Waals surface area contributed by atoms with Crippen LogP contribution in [0.4, 0.5) is 4.39 Å². The molecule has 122 valence electrons. The SMILES string of the molecule is NC1(C(=O)O)CC(NC(=O)c2ccc(F)cc2)C2C(C(=O)O)C21. The van der Waals surface area contributed by atoms with Gasteiger partial charge in [0, 0.05) is 17.5 Å². The van der Waals surface area contributed by atoms with Gasteiger partial charge in [0.05, 0.1) is 5.92 Å². The number of hydrogen-bond acceptors (Lipinski definition) is 4. The van der Waals surface area contributed by atoms with Crippen molar-refractivity contribution in [3.63, 3.8) is 0 Å². The van der Waals surface area contributed by atoms with E-state index in [9.17, 15) is 23.9 Å². The number of nitrogens with two attached hydrogens (primary N) is 1. The molecule has 5 atom stereocenters. The van der Waals surface area contributed by atoms with Crippen molar-refractivity contribution in [1.82, 2.24) is 5.32 Å². The zero-order chi connectivity index (χ0) is 16.9. The van der Waals surface area contributed by atoms with Crippen molar-refractivity contribution in [3.05, 3.63) is 35.6 Å². The van der Waals surface area contributed by atoms with E-state index in [-0.39, 0.29) is 12.0 Å². The number of carboxylic acids is 2. The molecule has 0 spiro atoms. The summed E-state index contributed by atoms with van der Waals surface area (Å²) in [6, 6.07) is 4.22. The highest BCUT2D eigenvalue weighted by molar-refractivity contribution is 5.95. The van der Waals surface area contributed by atoms with E-state index in [1.165, 1.54) is 12.1 Å². The Labute approximate surface area is 130 Å². The maximum Gasteiger partial charge on any atom is 0.324 e. The summed E-state index contributed by atoms with van der Waals surface area (Å²) in [4.78, 5) is 34.8. The standard InChI is InChI=1S/C15H15FN2O5/c16-7-3-1-6(2-4-7)12(19)18-8-5-15(17,14(22)23)11-9(8)10(11)13(20)21/h1-4,8-11H,5,17H2,(H,18,19)(H,20,21)(H,22,23). The largest absolute Gasteiger partial charge is 0.481 e. The number of halogens is 1. The second-order valence-corrected chi connectivity index (χ2v) is 6.10. The predicted octanol–water partition coefficient (Wildman–Crippen LogP) is 0.0567. The van der Waals surface area contributed by atoms with E-state index >= 15 is 0 Å². The van der Waals surface area contributed by atoms with Crippen LogP contribution in [0, 0.1) is 23.6 Å². The normalized spacial score (nSPS) is 34.5. The van der Waals surface area contributed by atoms with Crippen molar-refractivity contribution < 1.29 is 29.0 Å². The number of carboxylic acid groups (broad SMARTS) is 2. The van der Waals surface area contributed by atoms with Crippen LogP contribution >= 0.6 is 0 Å². The first-order valence-corrected chi connectivity index (χ1v) is 7.07. The number of aliphatic carboxylic acids is 2. The summed E-state index contributed by atoms with van der Waals surface area (Å²) in [5.74, 6) is -5.45. The molecule has 0 radical (unpaired) electrons. The molecule has 0 aromatic heterocycles. The Hall–Kier alpha value is -2.48. The molecule has 0 saturated heterocycles. The van der Waals surface area contributed by atoms with Crippen molar-refractivity contribution in [1.29, 1.82) is 0 Å². The maximum absolute atomic E-state index is 12.9. The molecule has 5 N–H and O–H groups in total. The minimum Gasteiger partial charge on any atom is -0.481 e. The van der Waals surface area contributed by atoms with E-state index < -0.39 is 53.0 Å². The molecule has 0 bridgehead atoms. The Balaban J connectivity index is 1.78. The van der Waals surface area contributed by atoms with Gasteiger partial charge in [-0.3, -0.25) is 14.4 Å². The molecule has 23 heavy (non-hydrogen) atoms. The second-order valence-electron chi connectivity index (χ2n) is 6.10. The number of carbonyl (C=O) groups is 3. The van der Waals surface area contributed by atoms with E-state index in [0.29, 0.717) is 0 Å². The van der Waals surface area contributed by atoms with Crippen LogP contribution in [-0.2, 0) is 9.59 Å². The van der Waals surface area contributed by atoms with Gasteiger partial charge in [0.1, 0.15) is 11.4 Å². The van der Waals surface area contributed by atoms with Crippen LogP contribution in [-0.4, -0.2) is 39.6 Å². The van der Waals surface area contributed by atoms with E-state index in [0.717, 1.165) is 12.1 Å². The van der Waals surface area contributed by atoms with Crippen molar-refractivity contribution in [2.45, 2.75) is 18.0 Å². The fourth-order valence-electron chi connectivity index (χ4n) is 3.68. The lowest BCUT2D eigenvalue weighted by Crippen LogP contribution is -2.52. The minimum atomic E-state index is -1.66. The van der Waals surface area contributed by atoms with Gasteiger partial charge in [-0.25, -0.2) is 4.39 Å². The zero-order valence-corrected chi connectivity index (χ0v) is 11.9. The fraction of sp³-hybridized carbons (Fsp3) is 0.400. The molecule has 7 nitrogen and oxygen atoms in total. The Morgan fingerprint density at radius 1 is 1.22 bits per heavy atom. The number of amides is 1. The molecule has 1 aromatic carbocycles. The molecule has 1 aromatic rings. The smallest absolute Gasteiger partial charge is 0.324 e. The van der Waals surface area contributed by atoms with Gasteiger partial charge in [-0.05, 0) is 36.6 Å². The number of hydrogen-bond donors (Lipinski definition) is 4. The molecule has 2 aliphatic carbocycles. The molecule has 0 heterocycles.